The van der Waals surface area contributed by atoms with Crippen molar-refractivity contribution in [3.05, 3.63) is 52.3 Å². The van der Waals surface area contributed by atoms with Crippen LogP contribution in [0.15, 0.2) is 39.8 Å². The molecule has 1 aromatic carbocycles. The quantitative estimate of drug-likeness (QED) is 0.746. The Morgan fingerprint density at radius 3 is 3.00 bits per heavy atom. The molecule has 0 unspecified atom stereocenters. The van der Waals surface area contributed by atoms with Crippen LogP contribution in [0.25, 0.3) is 11.1 Å². The van der Waals surface area contributed by atoms with Gasteiger partial charge in [-0.1, -0.05) is 12.1 Å². The van der Waals surface area contributed by atoms with Crippen LogP contribution >= 0.6 is 0 Å². The molecule has 0 fully saturated rings. The van der Waals surface area contributed by atoms with Crippen molar-refractivity contribution < 1.29 is 18.7 Å². The summed E-state index contributed by atoms with van der Waals surface area (Å²) in [5.74, 6) is 1.23. The van der Waals surface area contributed by atoms with Crippen LogP contribution in [0, 0.1) is 6.92 Å². The van der Waals surface area contributed by atoms with E-state index in [1.165, 1.54) is 6.33 Å². The summed E-state index contributed by atoms with van der Waals surface area (Å²) in [5.41, 5.74) is -0.0998. The molecule has 25 heavy (non-hydrogen) atoms. The molecule has 8 heteroatoms. The molecule has 1 atom stereocenters. The van der Waals surface area contributed by atoms with E-state index >= 15 is 0 Å². The summed E-state index contributed by atoms with van der Waals surface area (Å²) in [6, 6.07) is 7.35. The predicted molar refractivity (Wildman–Crippen MR) is 88.1 cm³/mol. The van der Waals surface area contributed by atoms with Gasteiger partial charge < -0.3 is 24.2 Å². The summed E-state index contributed by atoms with van der Waals surface area (Å²) in [4.78, 5) is 30.9. The molecule has 1 amide bonds. The highest BCUT2D eigenvalue weighted by Crippen LogP contribution is 2.30. The standard InChI is InChI=1S/C17H15N3O5/c1-9-13(14-16(22)19-8-20-17(14)24-9)15(21)18-6-10-7-23-11-4-2-3-5-12(11)25-10/h2-5,8,10H,6-7H2,1H3,(H,18,21)(H,19,20,22)/t10-/m0/s1. The summed E-state index contributed by atoms with van der Waals surface area (Å²) < 4.78 is 16.8. The number of benzene rings is 1. The second-order valence-electron chi connectivity index (χ2n) is 5.65. The van der Waals surface area contributed by atoms with E-state index in [4.69, 9.17) is 13.9 Å². The second-order valence-corrected chi connectivity index (χ2v) is 5.65. The van der Waals surface area contributed by atoms with Gasteiger partial charge in [0.15, 0.2) is 11.5 Å². The van der Waals surface area contributed by atoms with Crippen molar-refractivity contribution in [3.8, 4) is 11.5 Å². The number of hydrogen-bond donors (Lipinski definition) is 2. The number of furan rings is 1. The number of nitrogens with one attached hydrogen (secondary N) is 2. The first-order valence-electron chi connectivity index (χ1n) is 7.77. The van der Waals surface area contributed by atoms with Gasteiger partial charge in [0.2, 0.25) is 5.71 Å². The fraction of sp³-hybridized carbons (Fsp3) is 0.235. The van der Waals surface area contributed by atoms with E-state index in [2.05, 4.69) is 15.3 Å². The molecule has 0 spiro atoms. The molecule has 0 saturated heterocycles. The monoisotopic (exact) mass is 341 g/mol. The topological polar surface area (TPSA) is 106 Å². The van der Waals surface area contributed by atoms with Gasteiger partial charge in [0.05, 0.1) is 18.4 Å². The third-order valence-electron chi connectivity index (χ3n) is 3.96. The minimum Gasteiger partial charge on any atom is -0.486 e. The van der Waals surface area contributed by atoms with E-state index in [1.807, 2.05) is 24.3 Å². The Hall–Kier alpha value is -3.29. The normalized spacial score (nSPS) is 16.0. The third-order valence-corrected chi connectivity index (χ3v) is 3.96. The van der Waals surface area contributed by atoms with E-state index in [-0.39, 0.29) is 29.3 Å². The highest BCUT2D eigenvalue weighted by molar-refractivity contribution is 6.06. The zero-order valence-corrected chi connectivity index (χ0v) is 13.4. The van der Waals surface area contributed by atoms with Crippen molar-refractivity contribution >= 4 is 17.0 Å². The van der Waals surface area contributed by atoms with Crippen LogP contribution < -0.4 is 20.3 Å². The van der Waals surface area contributed by atoms with Crippen LogP contribution in [0.2, 0.25) is 0 Å². The summed E-state index contributed by atoms with van der Waals surface area (Å²) in [7, 11) is 0. The van der Waals surface area contributed by atoms with Crippen molar-refractivity contribution in [2.75, 3.05) is 13.2 Å². The van der Waals surface area contributed by atoms with E-state index in [0.717, 1.165) is 0 Å². The first-order chi connectivity index (χ1) is 12.1. The summed E-state index contributed by atoms with van der Waals surface area (Å²) in [6.07, 6.45) is 0.911. The molecular weight excluding hydrogens is 326 g/mol. The third kappa shape index (κ3) is 2.71. The Labute approximate surface area is 141 Å². The lowest BCUT2D eigenvalue weighted by Crippen LogP contribution is -2.41. The smallest absolute Gasteiger partial charge is 0.262 e. The van der Waals surface area contributed by atoms with E-state index in [0.29, 0.717) is 23.9 Å². The van der Waals surface area contributed by atoms with Crippen molar-refractivity contribution in [1.82, 2.24) is 15.3 Å². The molecule has 3 heterocycles. The van der Waals surface area contributed by atoms with Crippen LogP contribution in [-0.4, -0.2) is 35.1 Å². The largest absolute Gasteiger partial charge is 0.486 e. The number of aromatic amines is 1. The lowest BCUT2D eigenvalue weighted by molar-refractivity contribution is 0.0789. The highest BCUT2D eigenvalue weighted by atomic mass is 16.6. The van der Waals surface area contributed by atoms with Crippen LogP contribution in [-0.2, 0) is 0 Å². The molecule has 0 radical (unpaired) electrons. The SMILES string of the molecule is Cc1oc2nc[nH]c(=O)c2c1C(=O)NC[C@H]1COc2ccccc2O1. The highest BCUT2D eigenvalue weighted by Gasteiger charge is 2.24. The van der Waals surface area contributed by atoms with Crippen LogP contribution in [0.4, 0.5) is 0 Å². The molecule has 0 bridgehead atoms. The van der Waals surface area contributed by atoms with Crippen molar-refractivity contribution in [2.24, 2.45) is 0 Å². The average Bonchev–Trinajstić information content (AvgIpc) is 2.97. The van der Waals surface area contributed by atoms with Gasteiger partial charge in [-0.3, -0.25) is 9.59 Å². The van der Waals surface area contributed by atoms with Crippen LogP contribution in [0.5, 0.6) is 11.5 Å². The number of ether oxygens (including phenoxy) is 2. The van der Waals surface area contributed by atoms with Gasteiger partial charge in [-0.2, -0.15) is 0 Å². The first kappa shape index (κ1) is 15.3. The van der Waals surface area contributed by atoms with E-state index in [1.54, 1.807) is 6.92 Å². The van der Waals surface area contributed by atoms with Crippen molar-refractivity contribution in [2.45, 2.75) is 13.0 Å². The van der Waals surface area contributed by atoms with Gasteiger partial charge in [0, 0.05) is 0 Å². The summed E-state index contributed by atoms with van der Waals surface area (Å²) in [6.45, 7) is 2.18. The number of nitrogens with zero attached hydrogens (tertiary/aromatic N) is 1. The van der Waals surface area contributed by atoms with Crippen molar-refractivity contribution in [3.63, 3.8) is 0 Å². The number of carbonyl (C=O) groups is 1. The Morgan fingerprint density at radius 1 is 1.36 bits per heavy atom. The summed E-state index contributed by atoms with van der Waals surface area (Å²) in [5, 5.41) is 2.90. The Kier molecular flexibility index (Phi) is 3.64. The second kappa shape index (κ2) is 5.97. The average molecular weight is 341 g/mol. The molecule has 4 rings (SSSR count). The zero-order chi connectivity index (χ0) is 17.4. The summed E-state index contributed by atoms with van der Waals surface area (Å²) >= 11 is 0. The van der Waals surface area contributed by atoms with E-state index in [9.17, 15) is 9.59 Å². The Morgan fingerprint density at radius 2 is 2.16 bits per heavy atom. The van der Waals surface area contributed by atoms with Crippen molar-refractivity contribution in [1.29, 1.82) is 0 Å². The number of rotatable bonds is 3. The maximum absolute atomic E-state index is 12.5. The Balaban J connectivity index is 1.51. The van der Waals surface area contributed by atoms with E-state index < -0.39 is 11.5 Å². The first-order valence-corrected chi connectivity index (χ1v) is 7.77. The van der Waals surface area contributed by atoms with Crippen LogP contribution in [0.3, 0.4) is 0 Å². The van der Waals surface area contributed by atoms with Gasteiger partial charge in [0.1, 0.15) is 23.9 Å². The maximum Gasteiger partial charge on any atom is 0.262 e. The number of aryl methyl sites for hydroxylation is 1. The minimum absolute atomic E-state index is 0.137. The molecule has 128 valence electrons. The van der Waals surface area contributed by atoms with Gasteiger partial charge in [-0.25, -0.2) is 4.98 Å². The molecule has 3 aromatic rings. The van der Waals surface area contributed by atoms with Gasteiger partial charge >= 0.3 is 0 Å². The number of carbonyl (C=O) groups excluding carboxylic acids is 1. The van der Waals surface area contributed by atoms with Gasteiger partial charge in [-0.15, -0.1) is 0 Å². The fourth-order valence-electron chi connectivity index (χ4n) is 2.79. The lowest BCUT2D eigenvalue weighted by atomic mass is 10.1. The number of para-hydroxylation sites is 2. The number of fused-ring (bicyclic) bond motifs is 2. The molecule has 1 aliphatic heterocycles. The Bertz CT molecular complexity index is 1010. The lowest BCUT2D eigenvalue weighted by Gasteiger charge is -2.26. The number of H-pyrrole nitrogens is 1. The number of amides is 1. The van der Waals surface area contributed by atoms with Gasteiger partial charge in [0.25, 0.3) is 11.5 Å². The fourth-order valence-corrected chi connectivity index (χ4v) is 2.79. The zero-order valence-electron chi connectivity index (χ0n) is 13.4. The molecule has 1 aliphatic rings. The molecule has 0 aliphatic carbocycles. The molecule has 2 aromatic heterocycles. The predicted octanol–water partition coefficient (Wildman–Crippen LogP) is 1.39. The molecule has 0 saturated carbocycles. The minimum atomic E-state index is -0.419. The maximum atomic E-state index is 12.5. The number of hydrogen-bond acceptors (Lipinski definition) is 6. The van der Waals surface area contributed by atoms with Crippen LogP contribution in [0.1, 0.15) is 16.1 Å². The molecule has 2 N–H and O–H groups in total. The number of aromatic nitrogens is 2. The van der Waals surface area contributed by atoms with Gasteiger partial charge in [-0.05, 0) is 19.1 Å². The molecular formula is C17H15N3O5. The molecule has 8 nitrogen and oxygen atoms in total.